The molecule has 120 valence electrons. The number of nitrogens with one attached hydrogen (secondary N) is 1. The standard InChI is InChI=1S/C17H32N4/c1-4-19-17(3,14-18)9-5-6-10-20-13-16-8-7-11-21(16)12-15(20)2/h15-16,19H,4-13H2,1-3H3. The predicted octanol–water partition coefficient (Wildman–Crippen LogP) is 2.22. The Morgan fingerprint density at radius 3 is 2.86 bits per heavy atom. The van der Waals surface area contributed by atoms with Gasteiger partial charge < -0.3 is 0 Å². The molecule has 0 aromatic carbocycles. The summed E-state index contributed by atoms with van der Waals surface area (Å²) in [7, 11) is 0. The number of piperazine rings is 1. The lowest BCUT2D eigenvalue weighted by atomic mass is 9.96. The number of nitriles is 1. The highest BCUT2D eigenvalue weighted by Gasteiger charge is 2.33. The number of hydrogen-bond donors (Lipinski definition) is 1. The summed E-state index contributed by atoms with van der Waals surface area (Å²) < 4.78 is 0. The minimum atomic E-state index is -0.343. The van der Waals surface area contributed by atoms with Crippen molar-refractivity contribution in [3.8, 4) is 6.07 Å². The van der Waals surface area contributed by atoms with Gasteiger partial charge in [-0.25, -0.2) is 0 Å². The third-order valence-corrected chi connectivity index (χ3v) is 5.25. The van der Waals surface area contributed by atoms with Crippen LogP contribution in [0.2, 0.25) is 0 Å². The average Bonchev–Trinajstić information content (AvgIpc) is 2.91. The van der Waals surface area contributed by atoms with E-state index in [1.807, 2.05) is 6.92 Å². The van der Waals surface area contributed by atoms with E-state index in [-0.39, 0.29) is 5.54 Å². The van der Waals surface area contributed by atoms with Crippen LogP contribution in [-0.2, 0) is 0 Å². The zero-order valence-electron chi connectivity index (χ0n) is 14.1. The second kappa shape index (κ2) is 7.58. The van der Waals surface area contributed by atoms with Crippen LogP contribution in [0.4, 0.5) is 0 Å². The Hall–Kier alpha value is -0.630. The lowest BCUT2D eigenvalue weighted by molar-refractivity contribution is 0.0581. The monoisotopic (exact) mass is 292 g/mol. The molecule has 0 amide bonds. The molecule has 1 N–H and O–H groups in total. The lowest BCUT2D eigenvalue weighted by Crippen LogP contribution is -2.55. The highest BCUT2D eigenvalue weighted by molar-refractivity contribution is 5.03. The first-order chi connectivity index (χ1) is 10.1. The molecule has 0 radical (unpaired) electrons. The van der Waals surface area contributed by atoms with Crippen LogP contribution in [0, 0.1) is 11.3 Å². The molecule has 4 heteroatoms. The van der Waals surface area contributed by atoms with E-state index in [2.05, 4.69) is 35.0 Å². The molecule has 4 nitrogen and oxygen atoms in total. The predicted molar refractivity (Wildman–Crippen MR) is 87.2 cm³/mol. The summed E-state index contributed by atoms with van der Waals surface area (Å²) in [6.07, 6.45) is 6.06. The summed E-state index contributed by atoms with van der Waals surface area (Å²) in [6.45, 7) is 12.3. The Kier molecular flexibility index (Phi) is 6.04. The molecular weight excluding hydrogens is 260 g/mol. The molecule has 21 heavy (non-hydrogen) atoms. The number of nitrogens with zero attached hydrogens (tertiary/aromatic N) is 3. The first kappa shape index (κ1) is 16.7. The second-order valence-corrected chi connectivity index (χ2v) is 7.07. The van der Waals surface area contributed by atoms with Gasteiger partial charge in [-0.2, -0.15) is 5.26 Å². The molecule has 0 aromatic heterocycles. The summed E-state index contributed by atoms with van der Waals surface area (Å²) in [6, 6.07) is 3.93. The van der Waals surface area contributed by atoms with Gasteiger partial charge in [0.15, 0.2) is 0 Å². The van der Waals surface area contributed by atoms with Gasteiger partial charge in [-0.1, -0.05) is 6.92 Å². The molecule has 0 spiro atoms. The Labute approximate surface area is 130 Å². The zero-order chi connectivity index (χ0) is 15.3. The molecule has 2 rings (SSSR count). The molecule has 0 aliphatic carbocycles. The van der Waals surface area contributed by atoms with E-state index in [4.69, 9.17) is 0 Å². The van der Waals surface area contributed by atoms with Gasteiger partial charge >= 0.3 is 0 Å². The van der Waals surface area contributed by atoms with E-state index in [1.54, 1.807) is 0 Å². The number of fused-ring (bicyclic) bond motifs is 1. The molecular formula is C17H32N4. The van der Waals surface area contributed by atoms with Crippen molar-refractivity contribution < 1.29 is 0 Å². The average molecular weight is 292 g/mol. The van der Waals surface area contributed by atoms with Crippen molar-refractivity contribution in [2.75, 3.05) is 32.7 Å². The van der Waals surface area contributed by atoms with Crippen molar-refractivity contribution in [3.63, 3.8) is 0 Å². The van der Waals surface area contributed by atoms with Crippen molar-refractivity contribution in [2.24, 2.45) is 0 Å². The highest BCUT2D eigenvalue weighted by Crippen LogP contribution is 2.25. The number of rotatable bonds is 7. The second-order valence-electron chi connectivity index (χ2n) is 7.07. The van der Waals surface area contributed by atoms with E-state index < -0.39 is 0 Å². The zero-order valence-corrected chi connectivity index (χ0v) is 14.1. The smallest absolute Gasteiger partial charge is 0.103 e. The third kappa shape index (κ3) is 4.42. The van der Waals surface area contributed by atoms with Crippen molar-refractivity contribution in [1.82, 2.24) is 15.1 Å². The maximum absolute atomic E-state index is 9.28. The summed E-state index contributed by atoms with van der Waals surface area (Å²) in [5.41, 5.74) is -0.343. The van der Waals surface area contributed by atoms with Gasteiger partial charge in [-0.15, -0.1) is 0 Å². The molecule has 2 aliphatic heterocycles. The maximum atomic E-state index is 9.28. The maximum Gasteiger partial charge on any atom is 0.103 e. The minimum Gasteiger partial charge on any atom is -0.300 e. The quantitative estimate of drug-likeness (QED) is 0.731. The van der Waals surface area contributed by atoms with Gasteiger partial charge in [0, 0.05) is 25.2 Å². The van der Waals surface area contributed by atoms with Crippen LogP contribution in [0.1, 0.15) is 52.9 Å². The molecule has 0 bridgehead atoms. The minimum absolute atomic E-state index is 0.343. The van der Waals surface area contributed by atoms with Crippen LogP contribution >= 0.6 is 0 Å². The SMILES string of the molecule is CCNC(C)(C#N)CCCCN1CC2CCCN2CC1C. The highest BCUT2D eigenvalue weighted by atomic mass is 15.3. The number of unbranched alkanes of at least 4 members (excludes halogenated alkanes) is 1. The lowest BCUT2D eigenvalue weighted by Gasteiger charge is -2.42. The van der Waals surface area contributed by atoms with Gasteiger partial charge in [-0.05, 0) is 65.6 Å². The molecule has 2 fully saturated rings. The van der Waals surface area contributed by atoms with Crippen LogP contribution in [-0.4, -0.2) is 60.1 Å². The van der Waals surface area contributed by atoms with Crippen LogP contribution in [0.3, 0.4) is 0 Å². The summed E-state index contributed by atoms with van der Waals surface area (Å²) in [5.74, 6) is 0. The van der Waals surface area contributed by atoms with Crippen molar-refractivity contribution >= 4 is 0 Å². The van der Waals surface area contributed by atoms with Gasteiger partial charge in [0.05, 0.1) is 6.07 Å². The van der Waals surface area contributed by atoms with Gasteiger partial charge in [0.25, 0.3) is 0 Å². The van der Waals surface area contributed by atoms with Crippen molar-refractivity contribution in [3.05, 3.63) is 0 Å². The molecule has 2 aliphatic rings. The van der Waals surface area contributed by atoms with E-state index in [1.165, 1.54) is 45.4 Å². The molecule has 2 heterocycles. The van der Waals surface area contributed by atoms with Gasteiger partial charge in [-0.3, -0.25) is 15.1 Å². The fourth-order valence-electron chi connectivity index (χ4n) is 3.93. The molecule has 3 unspecified atom stereocenters. The van der Waals surface area contributed by atoms with E-state index in [0.717, 1.165) is 25.4 Å². The van der Waals surface area contributed by atoms with Crippen molar-refractivity contribution in [2.45, 2.75) is 70.5 Å². The first-order valence-corrected chi connectivity index (χ1v) is 8.72. The topological polar surface area (TPSA) is 42.3 Å². The van der Waals surface area contributed by atoms with Crippen molar-refractivity contribution in [1.29, 1.82) is 5.26 Å². The fourth-order valence-corrected chi connectivity index (χ4v) is 3.93. The fraction of sp³-hybridized carbons (Fsp3) is 0.941. The first-order valence-electron chi connectivity index (χ1n) is 8.72. The normalized spacial score (nSPS) is 29.8. The summed E-state index contributed by atoms with van der Waals surface area (Å²) >= 11 is 0. The Morgan fingerprint density at radius 2 is 2.14 bits per heavy atom. The van der Waals surface area contributed by atoms with Crippen LogP contribution in [0.5, 0.6) is 0 Å². The Morgan fingerprint density at radius 1 is 1.33 bits per heavy atom. The summed E-state index contributed by atoms with van der Waals surface area (Å²) in [5, 5.41) is 12.6. The van der Waals surface area contributed by atoms with E-state index in [9.17, 15) is 5.26 Å². The number of hydrogen-bond acceptors (Lipinski definition) is 4. The van der Waals surface area contributed by atoms with Gasteiger partial charge in [0.2, 0.25) is 0 Å². The summed E-state index contributed by atoms with van der Waals surface area (Å²) in [4.78, 5) is 5.35. The third-order valence-electron chi connectivity index (χ3n) is 5.25. The molecule has 0 aromatic rings. The van der Waals surface area contributed by atoms with Crippen LogP contribution in [0.15, 0.2) is 0 Å². The van der Waals surface area contributed by atoms with E-state index >= 15 is 0 Å². The molecule has 0 saturated carbocycles. The largest absolute Gasteiger partial charge is 0.300 e. The van der Waals surface area contributed by atoms with Crippen LogP contribution < -0.4 is 5.32 Å². The van der Waals surface area contributed by atoms with Gasteiger partial charge in [0.1, 0.15) is 5.54 Å². The Balaban J connectivity index is 1.70. The van der Waals surface area contributed by atoms with E-state index in [0.29, 0.717) is 6.04 Å². The molecule has 3 atom stereocenters. The molecule has 2 saturated heterocycles. The Bertz CT molecular complexity index is 364. The van der Waals surface area contributed by atoms with Crippen LogP contribution in [0.25, 0.3) is 0 Å².